The van der Waals surface area contributed by atoms with Gasteiger partial charge in [-0.2, -0.15) is 4.98 Å². The Morgan fingerprint density at radius 3 is 2.72 bits per heavy atom. The van der Waals surface area contributed by atoms with Crippen molar-refractivity contribution in [1.29, 1.82) is 0 Å². The highest BCUT2D eigenvalue weighted by atomic mass is 19.1. The monoisotopic (exact) mass is 359 g/mol. The lowest BCUT2D eigenvalue weighted by molar-refractivity contribution is -0.0355. The van der Waals surface area contributed by atoms with E-state index in [2.05, 4.69) is 10.3 Å². The van der Waals surface area contributed by atoms with Crippen molar-refractivity contribution in [2.45, 2.75) is 51.7 Å². The largest absolute Gasteiger partial charge is 0.449 e. The number of rotatable bonds is 5. The van der Waals surface area contributed by atoms with Gasteiger partial charge >= 0.3 is 11.8 Å². The molecule has 10 heteroatoms. The second-order valence-electron chi connectivity index (χ2n) is 6.28. The van der Waals surface area contributed by atoms with Crippen molar-refractivity contribution in [2.24, 2.45) is 5.92 Å². The molecule has 0 spiro atoms. The van der Waals surface area contributed by atoms with Gasteiger partial charge in [0, 0.05) is 0 Å². The molecule has 0 aliphatic carbocycles. The molecule has 3 N–H and O–H groups in total. The van der Waals surface area contributed by atoms with Crippen LogP contribution >= 0.6 is 0 Å². The highest BCUT2D eigenvalue weighted by Crippen LogP contribution is 2.28. The zero-order chi connectivity index (χ0) is 18.7. The highest BCUT2D eigenvalue weighted by molar-refractivity contribution is 5.83. The summed E-state index contributed by atoms with van der Waals surface area (Å²) in [7, 11) is 0. The molecule has 4 atom stereocenters. The molecule has 0 bridgehead atoms. The number of aromatic nitrogens is 2. The first-order chi connectivity index (χ1) is 11.7. The van der Waals surface area contributed by atoms with E-state index in [1.54, 1.807) is 0 Å². The molecule has 2 unspecified atom stereocenters. The first-order valence-corrected chi connectivity index (χ1v) is 7.94. The number of anilines is 1. The van der Waals surface area contributed by atoms with Gasteiger partial charge in [0.1, 0.15) is 12.2 Å². The molecule has 9 nitrogen and oxygen atoms in total. The third-order valence-corrected chi connectivity index (χ3v) is 3.81. The molecule has 1 amide bonds. The third-order valence-electron chi connectivity index (χ3n) is 3.81. The van der Waals surface area contributed by atoms with Gasteiger partial charge in [-0.3, -0.25) is 9.88 Å². The van der Waals surface area contributed by atoms with Crippen LogP contribution in [0.1, 0.15) is 33.4 Å². The van der Waals surface area contributed by atoms with Crippen molar-refractivity contribution in [3.05, 3.63) is 22.5 Å². The van der Waals surface area contributed by atoms with Crippen molar-refractivity contribution < 1.29 is 28.9 Å². The number of halogens is 1. The Kier molecular flexibility index (Phi) is 6.09. The van der Waals surface area contributed by atoms with Gasteiger partial charge in [-0.1, -0.05) is 13.8 Å². The molecule has 0 radical (unpaired) electrons. The van der Waals surface area contributed by atoms with Crippen LogP contribution < -0.4 is 11.0 Å². The van der Waals surface area contributed by atoms with Gasteiger partial charge < -0.3 is 19.7 Å². The van der Waals surface area contributed by atoms with E-state index >= 15 is 0 Å². The van der Waals surface area contributed by atoms with Crippen LogP contribution in [-0.4, -0.2) is 50.8 Å². The van der Waals surface area contributed by atoms with E-state index in [-0.39, 0.29) is 6.61 Å². The average molecular weight is 359 g/mol. The Labute approximate surface area is 143 Å². The highest BCUT2D eigenvalue weighted by Gasteiger charge is 2.42. The molecule has 2 heterocycles. The van der Waals surface area contributed by atoms with Crippen LogP contribution in [0.2, 0.25) is 0 Å². The van der Waals surface area contributed by atoms with E-state index in [0.717, 1.165) is 10.8 Å². The molecule has 1 saturated heterocycles. The van der Waals surface area contributed by atoms with Gasteiger partial charge in [0.15, 0.2) is 17.9 Å². The first kappa shape index (κ1) is 19.3. The molecule has 1 aliphatic heterocycles. The van der Waals surface area contributed by atoms with E-state index in [9.17, 15) is 24.2 Å². The minimum absolute atomic E-state index is 0.153. The van der Waals surface area contributed by atoms with Crippen LogP contribution in [-0.2, 0) is 9.47 Å². The van der Waals surface area contributed by atoms with Crippen molar-refractivity contribution in [3.63, 3.8) is 0 Å². The van der Waals surface area contributed by atoms with Gasteiger partial charge in [0.2, 0.25) is 0 Å². The lowest BCUT2D eigenvalue weighted by atomic mass is 10.1. The fourth-order valence-electron chi connectivity index (χ4n) is 2.29. The summed E-state index contributed by atoms with van der Waals surface area (Å²) < 4.78 is 25.0. The summed E-state index contributed by atoms with van der Waals surface area (Å²) >= 11 is 0. The molecular weight excluding hydrogens is 337 g/mol. The van der Waals surface area contributed by atoms with Gasteiger partial charge in [0.25, 0.3) is 0 Å². The van der Waals surface area contributed by atoms with E-state index in [4.69, 9.17) is 9.47 Å². The molecule has 1 aromatic rings. The Morgan fingerprint density at radius 2 is 2.16 bits per heavy atom. The number of amides is 1. The molecule has 0 saturated carbocycles. The van der Waals surface area contributed by atoms with E-state index in [1.807, 2.05) is 13.8 Å². The molecule has 0 aromatic carbocycles. The zero-order valence-corrected chi connectivity index (χ0v) is 14.2. The maximum Gasteiger partial charge on any atom is 0.412 e. The van der Waals surface area contributed by atoms with Crippen LogP contribution in [0.25, 0.3) is 0 Å². The summed E-state index contributed by atoms with van der Waals surface area (Å²) in [5.74, 6) is -1.26. The number of nitrogens with zero attached hydrogens (tertiary/aromatic N) is 2. The number of hydrogen-bond acceptors (Lipinski definition) is 7. The minimum Gasteiger partial charge on any atom is -0.449 e. The maximum absolute atomic E-state index is 14.1. The number of aliphatic hydroxyl groups excluding tert-OH is 2. The van der Waals surface area contributed by atoms with Gasteiger partial charge in [-0.05, 0) is 19.3 Å². The predicted molar refractivity (Wildman–Crippen MR) is 84.5 cm³/mol. The second kappa shape index (κ2) is 7.89. The van der Waals surface area contributed by atoms with Crippen molar-refractivity contribution in [2.75, 3.05) is 11.9 Å². The average Bonchev–Trinajstić information content (AvgIpc) is 2.77. The van der Waals surface area contributed by atoms with Gasteiger partial charge in [-0.25, -0.2) is 14.0 Å². The number of carbonyl (C=O) groups is 1. The summed E-state index contributed by atoms with van der Waals surface area (Å²) in [6.45, 7) is 5.57. The fraction of sp³-hybridized carbons (Fsp3) is 0.667. The maximum atomic E-state index is 14.1. The number of hydrogen-bond donors (Lipinski definition) is 3. The number of aliphatic hydroxyl groups is 2. The van der Waals surface area contributed by atoms with Crippen LogP contribution in [0.15, 0.2) is 11.0 Å². The van der Waals surface area contributed by atoms with E-state index < -0.39 is 48.0 Å². The van der Waals surface area contributed by atoms with Crippen LogP contribution in [0.3, 0.4) is 0 Å². The lowest BCUT2D eigenvalue weighted by Crippen LogP contribution is -2.36. The molecule has 1 fully saturated rings. The van der Waals surface area contributed by atoms with Crippen molar-refractivity contribution >= 4 is 11.9 Å². The molecule has 25 heavy (non-hydrogen) atoms. The summed E-state index contributed by atoms with van der Waals surface area (Å²) in [4.78, 5) is 27.1. The van der Waals surface area contributed by atoms with Crippen LogP contribution in [0.4, 0.5) is 15.0 Å². The van der Waals surface area contributed by atoms with E-state index in [0.29, 0.717) is 12.3 Å². The molecular formula is C15H22FN3O6. The summed E-state index contributed by atoms with van der Waals surface area (Å²) in [6.07, 6.45) is -4.16. The summed E-state index contributed by atoms with van der Waals surface area (Å²) in [5, 5.41) is 21.6. The zero-order valence-electron chi connectivity index (χ0n) is 14.2. The number of nitrogens with one attached hydrogen (secondary N) is 1. The Morgan fingerprint density at radius 1 is 1.48 bits per heavy atom. The topological polar surface area (TPSA) is 123 Å². The quantitative estimate of drug-likeness (QED) is 0.704. The van der Waals surface area contributed by atoms with Crippen LogP contribution in [0, 0.1) is 11.7 Å². The SMILES string of the molecule is CC(C)CCOC(=O)Nc1nc(=O)n([C@@H]2O[C@H](C)C(O)C2O)cc1F. The summed E-state index contributed by atoms with van der Waals surface area (Å²) in [5.41, 5.74) is -0.954. The summed E-state index contributed by atoms with van der Waals surface area (Å²) in [6, 6.07) is 0. The smallest absolute Gasteiger partial charge is 0.412 e. The number of carbonyl (C=O) groups excluding carboxylic acids is 1. The minimum atomic E-state index is -1.41. The van der Waals surface area contributed by atoms with Crippen molar-refractivity contribution in [1.82, 2.24) is 9.55 Å². The third kappa shape index (κ3) is 4.53. The van der Waals surface area contributed by atoms with E-state index in [1.165, 1.54) is 6.92 Å². The fourth-order valence-corrected chi connectivity index (χ4v) is 2.29. The predicted octanol–water partition coefficient (Wildman–Crippen LogP) is 0.616. The number of ether oxygens (including phenoxy) is 2. The normalized spacial score (nSPS) is 26.0. The standard InChI is InChI=1S/C15H22FN3O6/c1-7(2)4-5-24-15(23)18-12-9(16)6-19(14(22)17-12)13-11(21)10(20)8(3)25-13/h6-8,10-11,13,20-21H,4-5H2,1-3H3,(H,17,18,22,23)/t8-,10?,11?,13-/m1/s1. The first-order valence-electron chi connectivity index (χ1n) is 7.94. The van der Waals surface area contributed by atoms with Gasteiger partial charge in [0.05, 0.1) is 18.9 Å². The molecule has 1 aliphatic rings. The molecule has 2 rings (SSSR count). The van der Waals surface area contributed by atoms with Crippen molar-refractivity contribution in [3.8, 4) is 0 Å². The van der Waals surface area contributed by atoms with Gasteiger partial charge in [-0.15, -0.1) is 0 Å². The molecule has 1 aromatic heterocycles. The molecule has 140 valence electrons. The second-order valence-corrected chi connectivity index (χ2v) is 6.28. The Bertz CT molecular complexity index is 680. The lowest BCUT2D eigenvalue weighted by Gasteiger charge is -2.17. The Hall–Kier alpha value is -2.04. The van der Waals surface area contributed by atoms with Crippen LogP contribution in [0.5, 0.6) is 0 Å². The Balaban J connectivity index is 2.10.